The average Bonchev–Trinajstić information content (AvgIpc) is 2.64. The Kier molecular flexibility index (Phi) is 6.84. The highest BCUT2D eigenvalue weighted by Crippen LogP contribution is 2.37. The van der Waals surface area contributed by atoms with Crippen molar-refractivity contribution in [1.82, 2.24) is 5.32 Å². The number of hydrogen-bond donors (Lipinski definition) is 1. The van der Waals surface area contributed by atoms with Crippen LogP contribution in [0, 0.1) is 0 Å². The van der Waals surface area contributed by atoms with Gasteiger partial charge in [0, 0.05) is 28.6 Å². The average molecular weight is 401 g/mol. The number of halogens is 3. The van der Waals surface area contributed by atoms with Crippen LogP contribution in [0.4, 0.5) is 13.2 Å². The molecule has 2 aromatic carbocycles. The van der Waals surface area contributed by atoms with Gasteiger partial charge in [-0.1, -0.05) is 0 Å². The second-order valence-corrected chi connectivity index (χ2v) is 6.41. The molecule has 0 heterocycles. The number of rotatable bonds is 7. The van der Waals surface area contributed by atoms with Crippen LogP contribution in [0.1, 0.15) is 15.9 Å². The van der Waals surface area contributed by atoms with E-state index in [-0.39, 0.29) is 28.8 Å². The number of thioether (sulfide) groups is 1. The molecule has 0 aliphatic rings. The van der Waals surface area contributed by atoms with Crippen LogP contribution in [-0.4, -0.2) is 32.7 Å². The van der Waals surface area contributed by atoms with Gasteiger partial charge in [-0.2, -0.15) is 13.2 Å². The van der Waals surface area contributed by atoms with Gasteiger partial charge in [0.05, 0.1) is 21.3 Å². The lowest BCUT2D eigenvalue weighted by atomic mass is 10.1. The predicted molar refractivity (Wildman–Crippen MR) is 95.6 cm³/mol. The number of methoxy groups -OCH3 is 3. The van der Waals surface area contributed by atoms with Crippen molar-refractivity contribution in [1.29, 1.82) is 0 Å². The van der Waals surface area contributed by atoms with E-state index in [9.17, 15) is 18.0 Å². The van der Waals surface area contributed by atoms with E-state index in [1.165, 1.54) is 45.6 Å². The van der Waals surface area contributed by atoms with Gasteiger partial charge in [0.1, 0.15) is 5.75 Å². The van der Waals surface area contributed by atoms with Crippen LogP contribution in [-0.2, 0) is 6.54 Å². The van der Waals surface area contributed by atoms with Crippen molar-refractivity contribution in [3.63, 3.8) is 0 Å². The molecule has 5 nitrogen and oxygen atoms in total. The van der Waals surface area contributed by atoms with Crippen molar-refractivity contribution in [2.45, 2.75) is 16.9 Å². The molecular weight excluding hydrogens is 383 g/mol. The Labute approximate surface area is 158 Å². The summed E-state index contributed by atoms with van der Waals surface area (Å²) in [5.41, 5.74) is -3.46. The van der Waals surface area contributed by atoms with Gasteiger partial charge in [0.15, 0.2) is 11.5 Å². The van der Waals surface area contributed by atoms with Gasteiger partial charge in [-0.15, -0.1) is 0 Å². The topological polar surface area (TPSA) is 56.8 Å². The van der Waals surface area contributed by atoms with Crippen LogP contribution in [0.15, 0.2) is 41.3 Å². The first-order chi connectivity index (χ1) is 12.8. The summed E-state index contributed by atoms with van der Waals surface area (Å²) < 4.78 is 52.8. The van der Waals surface area contributed by atoms with Gasteiger partial charge in [-0.25, -0.2) is 0 Å². The highest BCUT2D eigenvalue weighted by atomic mass is 32.2. The third kappa shape index (κ3) is 5.72. The van der Waals surface area contributed by atoms with E-state index in [1.807, 2.05) is 0 Å². The first-order valence-corrected chi connectivity index (χ1v) is 8.52. The fourth-order valence-electron chi connectivity index (χ4n) is 2.32. The normalized spacial score (nSPS) is 11.0. The predicted octanol–water partition coefficient (Wildman–Crippen LogP) is 4.25. The maximum absolute atomic E-state index is 12.3. The first-order valence-electron chi connectivity index (χ1n) is 7.70. The summed E-state index contributed by atoms with van der Waals surface area (Å²) in [5, 5.41) is 2.70. The number of ether oxygens (including phenoxy) is 3. The van der Waals surface area contributed by atoms with Gasteiger partial charge >= 0.3 is 5.51 Å². The lowest BCUT2D eigenvalue weighted by Crippen LogP contribution is -2.23. The molecule has 0 radical (unpaired) electrons. The maximum atomic E-state index is 12.3. The third-order valence-electron chi connectivity index (χ3n) is 3.58. The first kappa shape index (κ1) is 20.8. The summed E-state index contributed by atoms with van der Waals surface area (Å²) in [5.74, 6) is 1.05. The molecule has 0 aromatic heterocycles. The lowest BCUT2D eigenvalue weighted by molar-refractivity contribution is -0.0328. The smallest absolute Gasteiger partial charge is 0.446 e. The van der Waals surface area contributed by atoms with Crippen LogP contribution >= 0.6 is 11.8 Å². The minimum atomic E-state index is -4.37. The summed E-state index contributed by atoms with van der Waals surface area (Å²) >= 11 is -0.230. The van der Waals surface area contributed by atoms with Crippen molar-refractivity contribution in [3.8, 4) is 17.2 Å². The van der Waals surface area contributed by atoms with Gasteiger partial charge < -0.3 is 19.5 Å². The molecule has 0 unspecified atom stereocenters. The third-order valence-corrected chi connectivity index (χ3v) is 4.32. The SMILES string of the molecule is COc1cc(OC)c(OC)cc1CNC(=O)c1ccc(SC(F)(F)F)cc1. The Bertz CT molecular complexity index is 794. The molecule has 0 saturated heterocycles. The zero-order chi connectivity index (χ0) is 20.0. The molecule has 1 amide bonds. The number of carbonyl (C=O) groups is 1. The Morgan fingerprint density at radius 2 is 1.52 bits per heavy atom. The molecule has 0 aliphatic heterocycles. The van der Waals surface area contributed by atoms with E-state index < -0.39 is 11.4 Å². The van der Waals surface area contributed by atoms with Crippen molar-refractivity contribution in [3.05, 3.63) is 47.5 Å². The molecule has 146 valence electrons. The van der Waals surface area contributed by atoms with Crippen molar-refractivity contribution >= 4 is 17.7 Å². The molecule has 0 aliphatic carbocycles. The molecule has 0 atom stereocenters. The molecule has 9 heteroatoms. The molecule has 0 fully saturated rings. The maximum Gasteiger partial charge on any atom is 0.446 e. The highest BCUT2D eigenvalue weighted by molar-refractivity contribution is 8.00. The second-order valence-electron chi connectivity index (χ2n) is 5.27. The zero-order valence-corrected chi connectivity index (χ0v) is 15.7. The molecule has 2 aromatic rings. The monoisotopic (exact) mass is 401 g/mol. The van der Waals surface area contributed by atoms with Crippen LogP contribution in [0.3, 0.4) is 0 Å². The summed E-state index contributed by atoms with van der Waals surface area (Å²) in [6.07, 6.45) is 0. The van der Waals surface area contributed by atoms with E-state index in [1.54, 1.807) is 12.1 Å². The molecule has 0 saturated carbocycles. The number of nitrogens with one attached hydrogen (secondary N) is 1. The minimum absolute atomic E-state index is 0.0145. The molecule has 2 rings (SSSR count). The second kappa shape index (κ2) is 8.90. The summed E-state index contributed by atoms with van der Waals surface area (Å²) in [7, 11) is 4.48. The fourth-order valence-corrected chi connectivity index (χ4v) is 2.86. The Morgan fingerprint density at radius 1 is 0.963 bits per heavy atom. The largest absolute Gasteiger partial charge is 0.496 e. The van der Waals surface area contributed by atoms with Crippen LogP contribution < -0.4 is 19.5 Å². The molecule has 0 bridgehead atoms. The highest BCUT2D eigenvalue weighted by Gasteiger charge is 2.29. The Morgan fingerprint density at radius 3 is 2.04 bits per heavy atom. The summed E-state index contributed by atoms with van der Waals surface area (Å²) in [4.78, 5) is 12.3. The fraction of sp³-hybridized carbons (Fsp3) is 0.278. The number of benzene rings is 2. The minimum Gasteiger partial charge on any atom is -0.496 e. The van der Waals surface area contributed by atoms with E-state index in [0.29, 0.717) is 22.8 Å². The molecular formula is C18H18F3NO4S. The summed E-state index contributed by atoms with van der Waals surface area (Å²) in [6, 6.07) is 8.52. The lowest BCUT2D eigenvalue weighted by Gasteiger charge is -2.14. The molecule has 27 heavy (non-hydrogen) atoms. The Hall–Kier alpha value is -2.55. The van der Waals surface area contributed by atoms with Gasteiger partial charge in [0.25, 0.3) is 5.91 Å². The van der Waals surface area contributed by atoms with E-state index in [4.69, 9.17) is 14.2 Å². The van der Waals surface area contributed by atoms with Gasteiger partial charge in [-0.05, 0) is 42.1 Å². The van der Waals surface area contributed by atoms with Gasteiger partial charge in [-0.3, -0.25) is 4.79 Å². The Balaban J connectivity index is 2.09. The quantitative estimate of drug-likeness (QED) is 0.703. The van der Waals surface area contributed by atoms with Crippen molar-refractivity contribution in [2.75, 3.05) is 21.3 Å². The standard InChI is InChI=1S/C18H18F3NO4S/c1-24-14-9-16(26-3)15(25-2)8-12(14)10-22-17(23)11-4-6-13(7-5-11)27-18(19,20)21/h4-9H,10H2,1-3H3,(H,22,23). The summed E-state index contributed by atoms with van der Waals surface area (Å²) in [6.45, 7) is 0.140. The van der Waals surface area contributed by atoms with Crippen LogP contribution in [0.5, 0.6) is 17.2 Å². The van der Waals surface area contributed by atoms with E-state index in [0.717, 1.165) is 0 Å². The van der Waals surface area contributed by atoms with E-state index in [2.05, 4.69) is 5.32 Å². The number of hydrogen-bond acceptors (Lipinski definition) is 5. The van der Waals surface area contributed by atoms with Crippen LogP contribution in [0.25, 0.3) is 0 Å². The zero-order valence-electron chi connectivity index (χ0n) is 14.8. The van der Waals surface area contributed by atoms with Crippen molar-refractivity contribution in [2.24, 2.45) is 0 Å². The molecule has 1 N–H and O–H groups in total. The van der Waals surface area contributed by atoms with E-state index >= 15 is 0 Å². The van der Waals surface area contributed by atoms with Gasteiger partial charge in [0.2, 0.25) is 0 Å². The van der Waals surface area contributed by atoms with Crippen molar-refractivity contribution < 1.29 is 32.2 Å². The molecule has 0 spiro atoms. The van der Waals surface area contributed by atoms with Crippen LogP contribution in [0.2, 0.25) is 0 Å². The number of carbonyl (C=O) groups excluding carboxylic acids is 1. The number of amides is 1. The number of alkyl halides is 3.